The monoisotopic (exact) mass is 410 g/mol. The van der Waals surface area contributed by atoms with E-state index in [9.17, 15) is 14.4 Å². The van der Waals surface area contributed by atoms with Gasteiger partial charge < -0.3 is 15.8 Å². The zero-order valence-corrected chi connectivity index (χ0v) is 16.3. The van der Waals surface area contributed by atoms with Gasteiger partial charge in [-0.1, -0.05) is 18.2 Å². The minimum absolute atomic E-state index is 0.114. The molecule has 2 amide bonds. The first-order chi connectivity index (χ1) is 12.5. The lowest BCUT2D eigenvalue weighted by atomic mass is 10.3. The molecule has 0 unspecified atom stereocenters. The maximum atomic E-state index is 12.0. The minimum atomic E-state index is -0.440. The number of nitrogens with one attached hydrogen (secondary N) is 1. The molecule has 0 aliphatic rings. The van der Waals surface area contributed by atoms with Crippen LogP contribution in [0.1, 0.15) is 4.88 Å². The van der Waals surface area contributed by atoms with Crippen molar-refractivity contribution in [3.63, 3.8) is 0 Å². The maximum absolute atomic E-state index is 12.0. The number of carbonyl (C=O) groups excluding carboxylic acids is 3. The minimum Gasteiger partial charge on any atom is -0.455 e. The predicted molar refractivity (Wildman–Crippen MR) is 106 cm³/mol. The Hall–Kier alpha value is -1.97. The average Bonchev–Trinajstić information content (AvgIpc) is 3.12. The first-order valence-electron chi connectivity index (χ1n) is 7.60. The van der Waals surface area contributed by atoms with Gasteiger partial charge in [0.15, 0.2) is 6.61 Å². The molecule has 0 aliphatic heterocycles. The van der Waals surface area contributed by atoms with Crippen molar-refractivity contribution < 1.29 is 19.1 Å². The lowest BCUT2D eigenvalue weighted by Crippen LogP contribution is -2.22. The largest absolute Gasteiger partial charge is 0.455 e. The van der Waals surface area contributed by atoms with Crippen molar-refractivity contribution in [3.8, 4) is 0 Å². The Labute approximate surface area is 163 Å². The number of nitrogens with two attached hydrogens (primary N) is 1. The summed E-state index contributed by atoms with van der Waals surface area (Å²) in [7, 11) is 0. The van der Waals surface area contributed by atoms with Gasteiger partial charge in [0.2, 0.25) is 5.91 Å². The molecule has 1 heterocycles. The Morgan fingerprint density at radius 1 is 1.12 bits per heavy atom. The number of anilines is 1. The second-order valence-corrected chi connectivity index (χ2v) is 8.07. The molecule has 0 fully saturated rings. The number of hydrogen-bond acceptors (Lipinski definition) is 7. The normalized spacial score (nSPS) is 10.3. The van der Waals surface area contributed by atoms with E-state index in [2.05, 4.69) is 5.32 Å². The van der Waals surface area contributed by atoms with Crippen LogP contribution in [-0.4, -0.2) is 35.9 Å². The number of amides is 2. The van der Waals surface area contributed by atoms with E-state index in [1.807, 2.05) is 17.5 Å². The smallest absolute Gasteiger partial charge is 0.316 e. The van der Waals surface area contributed by atoms with E-state index in [4.69, 9.17) is 10.5 Å². The highest BCUT2D eigenvalue weighted by atomic mass is 32.2. The average molecular weight is 411 g/mol. The van der Waals surface area contributed by atoms with Gasteiger partial charge in [-0.3, -0.25) is 14.4 Å². The van der Waals surface area contributed by atoms with Gasteiger partial charge in [0.25, 0.3) is 5.91 Å². The van der Waals surface area contributed by atoms with E-state index in [0.717, 1.165) is 10.6 Å². The Morgan fingerprint density at radius 2 is 1.92 bits per heavy atom. The summed E-state index contributed by atoms with van der Waals surface area (Å²) in [5.74, 6) is -0.264. The summed E-state index contributed by atoms with van der Waals surface area (Å²) < 4.78 is 4.98. The second kappa shape index (κ2) is 10.9. The van der Waals surface area contributed by atoms with E-state index in [1.165, 1.54) is 28.4 Å². The number of thiophene rings is 1. The molecule has 0 atom stereocenters. The fourth-order valence-corrected chi connectivity index (χ4v) is 4.26. The van der Waals surface area contributed by atoms with Crippen molar-refractivity contribution in [2.24, 2.45) is 5.73 Å². The van der Waals surface area contributed by atoms with Crippen LogP contribution in [0, 0.1) is 0 Å². The number of ether oxygens (including phenoxy) is 1. The summed E-state index contributed by atoms with van der Waals surface area (Å²) >= 11 is 4.31. The van der Waals surface area contributed by atoms with Crippen molar-refractivity contribution in [1.82, 2.24) is 0 Å². The molecule has 6 nitrogen and oxygen atoms in total. The van der Waals surface area contributed by atoms with Gasteiger partial charge in [0.1, 0.15) is 0 Å². The van der Waals surface area contributed by atoms with E-state index in [0.29, 0.717) is 5.69 Å². The number of hydrogen-bond donors (Lipinski definition) is 2. The van der Waals surface area contributed by atoms with E-state index >= 15 is 0 Å². The number of thioether (sulfide) groups is 2. The SMILES string of the molecule is NC(=O)CSc1ccccc1NC(=O)COC(=O)CSCc1cccs1. The first kappa shape index (κ1) is 20.3. The number of esters is 1. The van der Waals surface area contributed by atoms with Gasteiger partial charge in [-0.05, 0) is 23.6 Å². The van der Waals surface area contributed by atoms with Crippen LogP contribution in [0.5, 0.6) is 0 Å². The lowest BCUT2D eigenvalue weighted by molar-refractivity contribution is -0.144. The van der Waals surface area contributed by atoms with Crippen molar-refractivity contribution in [2.45, 2.75) is 10.6 Å². The van der Waals surface area contributed by atoms with E-state index in [1.54, 1.807) is 35.6 Å². The Balaban J connectivity index is 1.72. The number of benzene rings is 1. The van der Waals surface area contributed by atoms with Crippen molar-refractivity contribution in [2.75, 3.05) is 23.4 Å². The number of primary amides is 1. The van der Waals surface area contributed by atoms with Crippen molar-refractivity contribution in [1.29, 1.82) is 0 Å². The number of rotatable bonds is 10. The summed E-state index contributed by atoms with van der Waals surface area (Å²) in [5.41, 5.74) is 5.69. The molecule has 138 valence electrons. The Morgan fingerprint density at radius 3 is 2.65 bits per heavy atom. The molecule has 0 radical (unpaired) electrons. The van der Waals surface area contributed by atoms with Gasteiger partial charge in [-0.2, -0.15) is 0 Å². The van der Waals surface area contributed by atoms with Crippen LogP contribution in [0.15, 0.2) is 46.7 Å². The van der Waals surface area contributed by atoms with Crippen LogP contribution < -0.4 is 11.1 Å². The zero-order chi connectivity index (χ0) is 18.8. The van der Waals surface area contributed by atoms with Crippen LogP contribution in [0.4, 0.5) is 5.69 Å². The van der Waals surface area contributed by atoms with Crippen LogP contribution in [0.3, 0.4) is 0 Å². The van der Waals surface area contributed by atoms with Gasteiger partial charge in [0, 0.05) is 15.5 Å². The summed E-state index contributed by atoms with van der Waals surface area (Å²) in [6, 6.07) is 11.0. The summed E-state index contributed by atoms with van der Waals surface area (Å²) in [5, 5.41) is 4.66. The molecule has 26 heavy (non-hydrogen) atoms. The summed E-state index contributed by atoms with van der Waals surface area (Å²) in [4.78, 5) is 36.5. The highest BCUT2D eigenvalue weighted by Crippen LogP contribution is 2.26. The third-order valence-corrected chi connectivity index (χ3v) is 6.05. The molecule has 9 heteroatoms. The third kappa shape index (κ3) is 7.51. The molecular weight excluding hydrogens is 392 g/mol. The second-order valence-electron chi connectivity index (χ2n) is 5.03. The van der Waals surface area contributed by atoms with E-state index < -0.39 is 17.8 Å². The lowest BCUT2D eigenvalue weighted by Gasteiger charge is -2.10. The third-order valence-electron chi connectivity index (χ3n) is 2.94. The van der Waals surface area contributed by atoms with Crippen LogP contribution in [-0.2, 0) is 24.9 Å². The number of para-hydroxylation sites is 1. The summed E-state index contributed by atoms with van der Waals surface area (Å²) in [6.07, 6.45) is 0. The molecular formula is C17H18N2O4S3. The molecule has 1 aromatic heterocycles. The standard InChI is InChI=1S/C17H18N2O4S3/c18-15(20)10-26-14-6-2-1-5-13(14)19-16(21)8-23-17(22)11-24-9-12-4-3-7-25-12/h1-7H,8-11H2,(H2,18,20)(H,19,21). The van der Waals surface area contributed by atoms with Crippen molar-refractivity contribution >= 4 is 58.3 Å². The molecule has 1 aromatic carbocycles. The quantitative estimate of drug-likeness (QED) is 0.462. The van der Waals surface area contributed by atoms with Crippen LogP contribution in [0.25, 0.3) is 0 Å². The highest BCUT2D eigenvalue weighted by Gasteiger charge is 2.11. The zero-order valence-electron chi connectivity index (χ0n) is 13.8. The van der Waals surface area contributed by atoms with Gasteiger partial charge in [0.05, 0.1) is 17.2 Å². The molecule has 3 N–H and O–H groups in total. The molecule has 0 aliphatic carbocycles. The maximum Gasteiger partial charge on any atom is 0.316 e. The predicted octanol–water partition coefficient (Wildman–Crippen LogP) is 2.74. The fourth-order valence-electron chi connectivity index (χ4n) is 1.85. The van der Waals surface area contributed by atoms with Crippen LogP contribution >= 0.6 is 34.9 Å². The molecule has 0 bridgehead atoms. The highest BCUT2D eigenvalue weighted by molar-refractivity contribution is 8.00. The molecule has 0 saturated carbocycles. The van der Waals surface area contributed by atoms with Crippen LogP contribution in [0.2, 0.25) is 0 Å². The Kier molecular flexibility index (Phi) is 8.52. The molecule has 0 spiro atoms. The Bertz CT molecular complexity index is 750. The van der Waals surface area contributed by atoms with E-state index in [-0.39, 0.29) is 18.1 Å². The van der Waals surface area contributed by atoms with Crippen molar-refractivity contribution in [3.05, 3.63) is 46.7 Å². The topological polar surface area (TPSA) is 98.5 Å². The number of carbonyl (C=O) groups is 3. The molecule has 2 rings (SSSR count). The van der Waals surface area contributed by atoms with Gasteiger partial charge in [-0.15, -0.1) is 34.9 Å². The molecule has 0 saturated heterocycles. The van der Waals surface area contributed by atoms with Gasteiger partial charge >= 0.3 is 5.97 Å². The van der Waals surface area contributed by atoms with Gasteiger partial charge in [-0.25, -0.2) is 0 Å². The molecule has 2 aromatic rings. The summed E-state index contributed by atoms with van der Waals surface area (Å²) in [6.45, 7) is -0.354. The fraction of sp³-hybridized carbons (Fsp3) is 0.235. The first-order valence-corrected chi connectivity index (χ1v) is 10.6.